The van der Waals surface area contributed by atoms with Crippen LogP contribution in [0.3, 0.4) is 0 Å². The molecule has 0 bridgehead atoms. The van der Waals surface area contributed by atoms with Gasteiger partial charge in [-0.1, -0.05) is 0 Å². The molecule has 8 heteroatoms. The Morgan fingerprint density at radius 2 is 1.86 bits per heavy atom. The van der Waals surface area contributed by atoms with Crippen molar-refractivity contribution in [1.29, 1.82) is 0 Å². The van der Waals surface area contributed by atoms with E-state index in [-0.39, 0.29) is 5.75 Å². The van der Waals surface area contributed by atoms with E-state index >= 15 is 0 Å². The lowest BCUT2D eigenvalue weighted by atomic mass is 10.2. The Balaban J connectivity index is 2.58. The zero-order chi connectivity index (χ0) is 16.7. The first-order chi connectivity index (χ1) is 10.3. The van der Waals surface area contributed by atoms with Gasteiger partial charge in [-0.3, -0.25) is 10.1 Å². The lowest BCUT2D eigenvalue weighted by Gasteiger charge is -2.20. The summed E-state index contributed by atoms with van der Waals surface area (Å²) in [6, 6.07) is 5.20. The van der Waals surface area contributed by atoms with Crippen LogP contribution in [0.2, 0.25) is 0 Å². The van der Waals surface area contributed by atoms with E-state index < -0.39 is 24.6 Å². The van der Waals surface area contributed by atoms with Crippen LogP contribution in [-0.2, 0) is 11.3 Å². The molecule has 0 heterocycles. The van der Waals surface area contributed by atoms with Crippen LogP contribution >= 0.6 is 0 Å². The summed E-state index contributed by atoms with van der Waals surface area (Å²) in [5.41, 5.74) is 0.860. The number of likely N-dealkylation sites (N-methyl/N-ethyl adjacent to an activating group) is 1. The van der Waals surface area contributed by atoms with Crippen molar-refractivity contribution in [3.05, 3.63) is 29.8 Å². The molecule has 122 valence electrons. The van der Waals surface area contributed by atoms with Crippen molar-refractivity contribution in [2.75, 3.05) is 14.1 Å². The minimum absolute atomic E-state index is 0.0850. The highest BCUT2D eigenvalue weighted by Crippen LogP contribution is 2.14. The van der Waals surface area contributed by atoms with Crippen LogP contribution in [0.15, 0.2) is 24.3 Å². The SMILES string of the molecule is CNC(=O)NC(=O)[C@H](C)[NH+](C)Cc1ccc(OC(F)F)cc1. The largest absolute Gasteiger partial charge is 0.435 e. The molecule has 22 heavy (non-hydrogen) atoms. The molecule has 1 aromatic rings. The summed E-state index contributed by atoms with van der Waals surface area (Å²) in [5, 5.41) is 4.52. The maximum absolute atomic E-state index is 12.1. The van der Waals surface area contributed by atoms with Gasteiger partial charge in [0.25, 0.3) is 5.91 Å². The molecule has 0 radical (unpaired) electrons. The fourth-order valence-corrected chi connectivity index (χ4v) is 1.77. The third-order valence-corrected chi connectivity index (χ3v) is 3.23. The maximum Gasteiger partial charge on any atom is 0.387 e. The Labute approximate surface area is 127 Å². The molecular weight excluding hydrogens is 296 g/mol. The number of hydrogen-bond donors (Lipinski definition) is 3. The van der Waals surface area contributed by atoms with Crippen LogP contribution in [0.25, 0.3) is 0 Å². The van der Waals surface area contributed by atoms with Gasteiger partial charge in [0.1, 0.15) is 12.3 Å². The Morgan fingerprint density at radius 3 is 2.36 bits per heavy atom. The number of benzene rings is 1. The summed E-state index contributed by atoms with van der Waals surface area (Å²) in [7, 11) is 3.23. The monoisotopic (exact) mass is 316 g/mol. The number of amides is 3. The summed E-state index contributed by atoms with van der Waals surface area (Å²) in [6.45, 7) is -0.660. The van der Waals surface area contributed by atoms with Gasteiger partial charge in [0, 0.05) is 12.6 Å². The molecule has 3 amide bonds. The van der Waals surface area contributed by atoms with Gasteiger partial charge in [-0.15, -0.1) is 0 Å². The normalized spacial score (nSPS) is 13.4. The number of carbonyl (C=O) groups is 2. The second kappa shape index (κ2) is 8.28. The minimum Gasteiger partial charge on any atom is -0.435 e. The van der Waals surface area contributed by atoms with Crippen molar-refractivity contribution in [2.45, 2.75) is 26.1 Å². The number of nitrogens with one attached hydrogen (secondary N) is 3. The van der Waals surface area contributed by atoms with Crippen LogP contribution < -0.4 is 20.3 Å². The predicted molar refractivity (Wildman–Crippen MR) is 75.7 cm³/mol. The first kappa shape index (κ1) is 17.8. The molecule has 0 saturated heterocycles. The number of rotatable bonds is 6. The average molecular weight is 316 g/mol. The van der Waals surface area contributed by atoms with E-state index in [0.717, 1.165) is 10.5 Å². The highest BCUT2D eigenvalue weighted by atomic mass is 19.3. The van der Waals surface area contributed by atoms with E-state index in [2.05, 4.69) is 15.4 Å². The third kappa shape index (κ3) is 5.65. The molecule has 0 fully saturated rings. The van der Waals surface area contributed by atoms with Crippen LogP contribution in [0.1, 0.15) is 12.5 Å². The van der Waals surface area contributed by atoms with E-state index in [1.54, 1.807) is 26.1 Å². The van der Waals surface area contributed by atoms with Crippen molar-refractivity contribution in [1.82, 2.24) is 10.6 Å². The van der Waals surface area contributed by atoms with Crippen LogP contribution in [0.4, 0.5) is 13.6 Å². The number of hydrogen-bond acceptors (Lipinski definition) is 3. The predicted octanol–water partition coefficient (Wildman–Crippen LogP) is 0.147. The van der Waals surface area contributed by atoms with Gasteiger partial charge < -0.3 is 15.0 Å². The number of alkyl halides is 2. The lowest BCUT2D eigenvalue weighted by Crippen LogP contribution is -3.12. The number of imide groups is 1. The van der Waals surface area contributed by atoms with Gasteiger partial charge in [0.05, 0.1) is 7.05 Å². The molecule has 3 N–H and O–H groups in total. The van der Waals surface area contributed by atoms with E-state index in [4.69, 9.17) is 0 Å². The summed E-state index contributed by atoms with van der Waals surface area (Å²) < 4.78 is 28.4. The molecule has 0 aliphatic rings. The molecule has 0 saturated carbocycles. The summed E-state index contributed by atoms with van der Waals surface area (Å²) in [5.74, 6) is -0.309. The van der Waals surface area contributed by atoms with E-state index in [0.29, 0.717) is 6.54 Å². The molecule has 6 nitrogen and oxygen atoms in total. The van der Waals surface area contributed by atoms with Crippen LogP contribution in [0.5, 0.6) is 5.75 Å². The first-order valence-corrected chi connectivity index (χ1v) is 6.72. The zero-order valence-electron chi connectivity index (χ0n) is 12.7. The number of quaternary nitrogens is 1. The topological polar surface area (TPSA) is 71.9 Å². The highest BCUT2D eigenvalue weighted by molar-refractivity contribution is 5.96. The maximum atomic E-state index is 12.1. The quantitative estimate of drug-likeness (QED) is 0.699. The Bertz CT molecular complexity index is 509. The summed E-state index contributed by atoms with van der Waals surface area (Å²) in [6.07, 6.45) is 0. The van der Waals surface area contributed by atoms with E-state index in [1.807, 2.05) is 0 Å². The Hall–Kier alpha value is -2.22. The Kier molecular flexibility index (Phi) is 6.71. The highest BCUT2D eigenvalue weighted by Gasteiger charge is 2.23. The fraction of sp³-hybridized carbons (Fsp3) is 0.429. The lowest BCUT2D eigenvalue weighted by molar-refractivity contribution is -0.908. The van der Waals surface area contributed by atoms with Crippen molar-refractivity contribution < 1.29 is 28.0 Å². The molecule has 0 aliphatic heterocycles. The molecule has 1 aromatic carbocycles. The van der Waals surface area contributed by atoms with E-state index in [9.17, 15) is 18.4 Å². The second-order valence-electron chi connectivity index (χ2n) is 4.84. The minimum atomic E-state index is -2.85. The molecular formula is C14H20F2N3O3+. The Morgan fingerprint density at radius 1 is 1.27 bits per heavy atom. The molecule has 0 aromatic heterocycles. The van der Waals surface area contributed by atoms with Crippen LogP contribution in [0, 0.1) is 0 Å². The standard InChI is InChI=1S/C14H19F2N3O3/c1-9(12(20)18-14(21)17-2)19(3)8-10-4-6-11(7-5-10)22-13(15)16/h4-7,9,13H,8H2,1-3H3,(H2,17,18,20,21)/p+1/t9-/m0/s1. The summed E-state index contributed by atoms with van der Waals surface area (Å²) in [4.78, 5) is 23.8. The van der Waals surface area contributed by atoms with Crippen molar-refractivity contribution in [3.8, 4) is 5.75 Å². The van der Waals surface area contributed by atoms with Gasteiger partial charge in [0.15, 0.2) is 6.04 Å². The average Bonchev–Trinajstić information content (AvgIpc) is 2.47. The van der Waals surface area contributed by atoms with Gasteiger partial charge in [-0.05, 0) is 31.2 Å². The second-order valence-corrected chi connectivity index (χ2v) is 4.84. The molecule has 1 rings (SSSR count). The first-order valence-electron chi connectivity index (χ1n) is 6.72. The van der Waals surface area contributed by atoms with Crippen molar-refractivity contribution in [2.24, 2.45) is 0 Å². The number of carbonyl (C=O) groups excluding carboxylic acids is 2. The molecule has 2 atom stereocenters. The van der Waals surface area contributed by atoms with Crippen LogP contribution in [-0.4, -0.2) is 38.7 Å². The molecule has 0 aliphatic carbocycles. The van der Waals surface area contributed by atoms with Crippen molar-refractivity contribution in [3.63, 3.8) is 0 Å². The third-order valence-electron chi connectivity index (χ3n) is 3.23. The number of ether oxygens (including phenoxy) is 1. The van der Waals surface area contributed by atoms with E-state index in [1.165, 1.54) is 19.2 Å². The molecule has 0 spiro atoms. The molecule has 1 unspecified atom stereocenters. The number of halogens is 2. The van der Waals surface area contributed by atoms with Gasteiger partial charge in [-0.25, -0.2) is 4.79 Å². The van der Waals surface area contributed by atoms with Gasteiger partial charge in [-0.2, -0.15) is 8.78 Å². The summed E-state index contributed by atoms with van der Waals surface area (Å²) >= 11 is 0. The fourth-order valence-electron chi connectivity index (χ4n) is 1.77. The number of urea groups is 1. The van der Waals surface area contributed by atoms with Crippen molar-refractivity contribution >= 4 is 11.9 Å². The zero-order valence-corrected chi connectivity index (χ0v) is 12.7. The van der Waals surface area contributed by atoms with Gasteiger partial charge in [0.2, 0.25) is 0 Å². The smallest absolute Gasteiger partial charge is 0.387 e. The van der Waals surface area contributed by atoms with Gasteiger partial charge >= 0.3 is 12.6 Å².